The predicted octanol–water partition coefficient (Wildman–Crippen LogP) is 4.10. The largest absolute Gasteiger partial charge is 0.497 e. The van der Waals surface area contributed by atoms with Crippen LogP contribution >= 0.6 is 0 Å². The summed E-state index contributed by atoms with van der Waals surface area (Å²) >= 11 is 0. The first-order valence-electron chi connectivity index (χ1n) is 7.51. The molecule has 0 N–H and O–H groups in total. The van der Waals surface area contributed by atoms with Gasteiger partial charge in [0.25, 0.3) is 0 Å². The van der Waals surface area contributed by atoms with E-state index in [-0.39, 0.29) is 5.78 Å². The van der Waals surface area contributed by atoms with E-state index >= 15 is 0 Å². The summed E-state index contributed by atoms with van der Waals surface area (Å²) in [5.41, 5.74) is 1.10. The number of rotatable bonds is 5. The fourth-order valence-corrected chi connectivity index (χ4v) is 2.70. The van der Waals surface area contributed by atoms with E-state index in [2.05, 4.69) is 0 Å². The molecule has 0 aliphatic rings. The maximum absolute atomic E-state index is 13.1. The molecule has 0 heterocycles. The lowest BCUT2D eigenvalue weighted by Gasteiger charge is -2.12. The summed E-state index contributed by atoms with van der Waals surface area (Å²) in [6.45, 7) is 0. The second-order valence-corrected chi connectivity index (χ2v) is 5.29. The summed E-state index contributed by atoms with van der Waals surface area (Å²) < 4.78 is 15.9. The lowest BCUT2D eigenvalue weighted by molar-refractivity contribution is 0.103. The average molecular weight is 322 g/mol. The Morgan fingerprint density at radius 3 is 2.00 bits per heavy atom. The van der Waals surface area contributed by atoms with Crippen molar-refractivity contribution in [2.75, 3.05) is 21.3 Å². The highest BCUT2D eigenvalue weighted by atomic mass is 16.5. The highest BCUT2D eigenvalue weighted by Gasteiger charge is 2.18. The van der Waals surface area contributed by atoms with Crippen LogP contribution in [-0.2, 0) is 0 Å². The highest BCUT2D eigenvalue weighted by Crippen LogP contribution is 2.32. The van der Waals surface area contributed by atoms with E-state index in [9.17, 15) is 4.79 Å². The molecule has 0 saturated heterocycles. The summed E-state index contributed by atoms with van der Waals surface area (Å²) in [5, 5.41) is 1.75. The Balaban J connectivity index is 2.19. The van der Waals surface area contributed by atoms with Gasteiger partial charge in [-0.05, 0) is 47.9 Å². The van der Waals surface area contributed by atoms with Crippen molar-refractivity contribution in [2.24, 2.45) is 0 Å². The molecular formula is C20H18O4. The van der Waals surface area contributed by atoms with Gasteiger partial charge in [-0.15, -0.1) is 0 Å². The van der Waals surface area contributed by atoms with Crippen LogP contribution in [0.15, 0.2) is 54.6 Å². The molecule has 0 fully saturated rings. The number of carbonyl (C=O) groups is 1. The molecule has 0 aromatic heterocycles. The SMILES string of the molecule is COc1ccc(C(=O)c2c(OC)ccc3ccc(OC)cc23)cc1. The molecule has 0 radical (unpaired) electrons. The summed E-state index contributed by atoms with van der Waals surface area (Å²) in [6.07, 6.45) is 0. The molecular weight excluding hydrogens is 304 g/mol. The maximum atomic E-state index is 13.1. The van der Waals surface area contributed by atoms with Crippen molar-refractivity contribution >= 4 is 16.6 Å². The van der Waals surface area contributed by atoms with E-state index in [1.807, 2.05) is 30.3 Å². The van der Waals surface area contributed by atoms with Crippen molar-refractivity contribution in [3.05, 3.63) is 65.7 Å². The Hall–Kier alpha value is -3.01. The minimum absolute atomic E-state index is 0.103. The standard InChI is InChI=1S/C20H18O4/c1-22-15-8-5-14(6-9-15)20(21)19-17-12-16(23-2)10-4-13(17)7-11-18(19)24-3/h4-12H,1-3H3. The number of benzene rings is 3. The lowest BCUT2D eigenvalue weighted by Crippen LogP contribution is -2.05. The third-order valence-electron chi connectivity index (χ3n) is 3.99. The van der Waals surface area contributed by atoms with Crippen LogP contribution in [0.1, 0.15) is 15.9 Å². The first-order valence-corrected chi connectivity index (χ1v) is 7.51. The molecule has 24 heavy (non-hydrogen) atoms. The molecule has 0 saturated carbocycles. The number of ketones is 1. The minimum Gasteiger partial charge on any atom is -0.497 e. The number of ether oxygens (including phenoxy) is 3. The van der Waals surface area contributed by atoms with E-state index in [4.69, 9.17) is 14.2 Å². The zero-order chi connectivity index (χ0) is 17.1. The third-order valence-corrected chi connectivity index (χ3v) is 3.99. The molecule has 0 atom stereocenters. The van der Waals surface area contributed by atoms with Gasteiger partial charge < -0.3 is 14.2 Å². The molecule has 3 aromatic rings. The van der Waals surface area contributed by atoms with Gasteiger partial charge in [0.15, 0.2) is 5.78 Å². The molecule has 0 aliphatic carbocycles. The molecule has 4 nitrogen and oxygen atoms in total. The van der Waals surface area contributed by atoms with Gasteiger partial charge >= 0.3 is 0 Å². The van der Waals surface area contributed by atoms with Gasteiger partial charge in [-0.2, -0.15) is 0 Å². The monoisotopic (exact) mass is 322 g/mol. The smallest absolute Gasteiger partial charge is 0.197 e. The number of fused-ring (bicyclic) bond motifs is 1. The number of methoxy groups -OCH3 is 3. The van der Waals surface area contributed by atoms with Gasteiger partial charge in [0, 0.05) is 10.9 Å². The fourth-order valence-electron chi connectivity index (χ4n) is 2.70. The molecule has 0 unspecified atom stereocenters. The van der Waals surface area contributed by atoms with Gasteiger partial charge in [0.05, 0.1) is 26.9 Å². The van der Waals surface area contributed by atoms with Gasteiger partial charge in [-0.25, -0.2) is 0 Å². The molecule has 3 rings (SSSR count). The normalized spacial score (nSPS) is 10.5. The Morgan fingerprint density at radius 2 is 1.38 bits per heavy atom. The predicted molar refractivity (Wildman–Crippen MR) is 93.5 cm³/mol. The Morgan fingerprint density at radius 1 is 0.750 bits per heavy atom. The van der Waals surface area contributed by atoms with Crippen molar-refractivity contribution in [3.63, 3.8) is 0 Å². The molecule has 0 spiro atoms. The van der Waals surface area contributed by atoms with E-state index in [0.29, 0.717) is 28.4 Å². The quantitative estimate of drug-likeness (QED) is 0.664. The first-order chi connectivity index (χ1) is 11.7. The highest BCUT2D eigenvalue weighted by molar-refractivity contribution is 6.18. The zero-order valence-electron chi connectivity index (χ0n) is 13.8. The molecule has 0 amide bonds. The van der Waals surface area contributed by atoms with Crippen molar-refractivity contribution in [1.82, 2.24) is 0 Å². The Kier molecular flexibility index (Phi) is 4.38. The van der Waals surface area contributed by atoms with Crippen LogP contribution in [-0.4, -0.2) is 27.1 Å². The van der Waals surface area contributed by atoms with Gasteiger partial charge in [-0.1, -0.05) is 12.1 Å². The molecule has 0 aliphatic heterocycles. The van der Waals surface area contributed by atoms with Crippen molar-refractivity contribution in [3.8, 4) is 17.2 Å². The van der Waals surface area contributed by atoms with Crippen LogP contribution in [0.25, 0.3) is 10.8 Å². The number of hydrogen-bond acceptors (Lipinski definition) is 4. The van der Waals surface area contributed by atoms with Crippen LogP contribution in [0.2, 0.25) is 0 Å². The van der Waals surface area contributed by atoms with Crippen molar-refractivity contribution in [1.29, 1.82) is 0 Å². The Labute approximate surface area is 140 Å². The van der Waals surface area contributed by atoms with E-state index in [1.165, 1.54) is 0 Å². The van der Waals surface area contributed by atoms with Crippen LogP contribution in [0.5, 0.6) is 17.2 Å². The summed E-state index contributed by atoms with van der Waals surface area (Å²) in [5.74, 6) is 1.84. The van der Waals surface area contributed by atoms with Gasteiger partial charge in [-0.3, -0.25) is 4.79 Å². The lowest BCUT2D eigenvalue weighted by atomic mass is 9.96. The second kappa shape index (κ2) is 6.62. The van der Waals surface area contributed by atoms with Gasteiger partial charge in [0.1, 0.15) is 17.2 Å². The maximum Gasteiger partial charge on any atom is 0.197 e. The zero-order valence-corrected chi connectivity index (χ0v) is 13.8. The Bertz CT molecular complexity index is 877. The molecule has 122 valence electrons. The van der Waals surface area contributed by atoms with E-state index in [0.717, 1.165) is 10.8 Å². The first kappa shape index (κ1) is 15.9. The van der Waals surface area contributed by atoms with Crippen LogP contribution < -0.4 is 14.2 Å². The number of hydrogen-bond donors (Lipinski definition) is 0. The topological polar surface area (TPSA) is 44.8 Å². The molecule has 4 heteroatoms. The van der Waals surface area contributed by atoms with Crippen molar-refractivity contribution in [2.45, 2.75) is 0 Å². The third kappa shape index (κ3) is 2.78. The number of carbonyl (C=O) groups excluding carboxylic acids is 1. The van der Waals surface area contributed by atoms with E-state index in [1.54, 1.807) is 45.6 Å². The van der Waals surface area contributed by atoms with Crippen LogP contribution in [0.4, 0.5) is 0 Å². The second-order valence-electron chi connectivity index (χ2n) is 5.29. The summed E-state index contributed by atoms with van der Waals surface area (Å²) in [4.78, 5) is 13.1. The van der Waals surface area contributed by atoms with Crippen LogP contribution in [0.3, 0.4) is 0 Å². The summed E-state index contributed by atoms with van der Waals surface area (Å²) in [7, 11) is 4.76. The molecule has 3 aromatic carbocycles. The average Bonchev–Trinajstić information content (AvgIpc) is 2.66. The summed E-state index contributed by atoms with van der Waals surface area (Å²) in [6, 6.07) is 16.4. The fraction of sp³-hybridized carbons (Fsp3) is 0.150. The van der Waals surface area contributed by atoms with Crippen LogP contribution in [0, 0.1) is 0 Å². The van der Waals surface area contributed by atoms with Crippen molar-refractivity contribution < 1.29 is 19.0 Å². The van der Waals surface area contributed by atoms with Gasteiger partial charge in [0.2, 0.25) is 0 Å². The molecule has 0 bridgehead atoms. The van der Waals surface area contributed by atoms with E-state index < -0.39 is 0 Å². The minimum atomic E-state index is -0.103.